The summed E-state index contributed by atoms with van der Waals surface area (Å²) < 4.78 is 11.4. The number of para-hydroxylation sites is 4. The van der Waals surface area contributed by atoms with E-state index < -0.39 is 0 Å². The normalized spacial score (nSPS) is 11.9. The molecule has 3 aromatic heterocycles. The third kappa shape index (κ3) is 4.12. The van der Waals surface area contributed by atoms with Gasteiger partial charge in [-0.05, 0) is 77.4 Å². The van der Waals surface area contributed by atoms with Gasteiger partial charge in [-0.3, -0.25) is 0 Å². The second-order valence-electron chi connectivity index (χ2n) is 13.3. The van der Waals surface area contributed by atoms with E-state index in [4.69, 9.17) is 4.42 Å². The van der Waals surface area contributed by atoms with Gasteiger partial charge in [-0.25, -0.2) is 0 Å². The predicted octanol–water partition coefficient (Wildman–Crippen LogP) is 13.1. The molecule has 3 heteroatoms. The average Bonchev–Trinajstić information content (AvgIpc) is 3.85. The molecule has 0 fully saturated rings. The molecule has 0 aliphatic carbocycles. The Kier molecular flexibility index (Phi) is 5.96. The van der Waals surface area contributed by atoms with Gasteiger partial charge in [-0.15, -0.1) is 0 Å². The van der Waals surface area contributed by atoms with Crippen LogP contribution in [-0.2, 0) is 0 Å². The van der Waals surface area contributed by atoms with Crippen LogP contribution in [0.15, 0.2) is 186 Å². The van der Waals surface area contributed by atoms with Crippen molar-refractivity contribution in [2.45, 2.75) is 0 Å². The molecule has 3 nitrogen and oxygen atoms in total. The molecule has 0 bridgehead atoms. The molecule has 0 saturated carbocycles. The summed E-state index contributed by atoms with van der Waals surface area (Å²) in [6.45, 7) is 0. The van der Waals surface area contributed by atoms with Crippen LogP contribution in [0, 0.1) is 0 Å². The second-order valence-corrected chi connectivity index (χ2v) is 13.3. The molecule has 0 amide bonds. The Hall–Kier alpha value is -6.84. The second kappa shape index (κ2) is 10.8. The van der Waals surface area contributed by atoms with Gasteiger partial charge in [0.15, 0.2) is 0 Å². The van der Waals surface area contributed by atoms with Crippen LogP contribution in [-0.4, -0.2) is 9.13 Å². The Balaban J connectivity index is 1.24. The number of rotatable bonds is 4. The lowest BCUT2D eigenvalue weighted by Gasteiger charge is -2.17. The van der Waals surface area contributed by atoms with Crippen molar-refractivity contribution in [1.82, 2.24) is 9.13 Å². The zero-order chi connectivity index (χ0) is 33.5. The summed E-state index contributed by atoms with van der Waals surface area (Å²) in [7, 11) is 0. The average molecular weight is 651 g/mol. The Morgan fingerprint density at radius 2 is 0.902 bits per heavy atom. The van der Waals surface area contributed by atoms with Gasteiger partial charge < -0.3 is 13.6 Å². The number of benzene rings is 8. The molecule has 11 rings (SSSR count). The van der Waals surface area contributed by atoms with Crippen LogP contribution in [0.3, 0.4) is 0 Å². The summed E-state index contributed by atoms with van der Waals surface area (Å²) in [5.41, 5.74) is 13.5. The van der Waals surface area contributed by atoms with Gasteiger partial charge in [0, 0.05) is 38.2 Å². The molecule has 3 heterocycles. The Bertz CT molecular complexity index is 3090. The standard InChI is InChI=1S/C48H30N2O/c1-2-13-31(14-3-1)32-15-12-16-33(29-32)35-26-28-46-47(39-20-7-11-24-45(39)51-46)48(35)50-43-23-10-6-19-38(43)40-30-34(25-27-44(40)50)49-41-21-8-4-17-36(41)37-18-5-9-22-42(37)49/h1-30H. The molecule has 8 aromatic carbocycles. The van der Waals surface area contributed by atoms with Crippen molar-refractivity contribution in [3.8, 4) is 33.6 Å². The molecule has 0 radical (unpaired) electrons. The van der Waals surface area contributed by atoms with E-state index in [1.54, 1.807) is 0 Å². The Morgan fingerprint density at radius 1 is 0.333 bits per heavy atom. The van der Waals surface area contributed by atoms with Gasteiger partial charge in [0.05, 0.1) is 33.1 Å². The first-order valence-corrected chi connectivity index (χ1v) is 17.4. The van der Waals surface area contributed by atoms with Gasteiger partial charge in [-0.2, -0.15) is 0 Å². The lowest BCUT2D eigenvalue weighted by molar-refractivity contribution is 0.669. The summed E-state index contributed by atoms with van der Waals surface area (Å²) >= 11 is 0. The highest BCUT2D eigenvalue weighted by Crippen LogP contribution is 2.44. The summed E-state index contributed by atoms with van der Waals surface area (Å²) in [5, 5.41) is 7.16. The van der Waals surface area contributed by atoms with E-state index in [0.717, 1.165) is 55.5 Å². The van der Waals surface area contributed by atoms with Crippen molar-refractivity contribution in [2.24, 2.45) is 0 Å². The fourth-order valence-electron chi connectivity index (χ4n) is 8.30. The zero-order valence-electron chi connectivity index (χ0n) is 27.6. The molecule has 0 aliphatic rings. The van der Waals surface area contributed by atoms with Gasteiger partial charge in [0.2, 0.25) is 0 Å². The van der Waals surface area contributed by atoms with Gasteiger partial charge in [-0.1, -0.05) is 121 Å². The van der Waals surface area contributed by atoms with Crippen molar-refractivity contribution < 1.29 is 4.42 Å². The van der Waals surface area contributed by atoms with Crippen LogP contribution in [0.4, 0.5) is 0 Å². The minimum absolute atomic E-state index is 0.877. The minimum Gasteiger partial charge on any atom is -0.456 e. The van der Waals surface area contributed by atoms with E-state index in [1.165, 1.54) is 43.7 Å². The van der Waals surface area contributed by atoms with Crippen LogP contribution in [0.1, 0.15) is 0 Å². The fraction of sp³-hybridized carbons (Fsp3) is 0. The lowest BCUT2D eigenvalue weighted by Crippen LogP contribution is -1.99. The van der Waals surface area contributed by atoms with E-state index >= 15 is 0 Å². The van der Waals surface area contributed by atoms with Crippen LogP contribution in [0.25, 0.3) is 99.2 Å². The molecule has 0 aliphatic heterocycles. The fourth-order valence-corrected chi connectivity index (χ4v) is 8.30. The topological polar surface area (TPSA) is 23.0 Å². The number of hydrogen-bond donors (Lipinski definition) is 0. The Labute approximate surface area is 293 Å². The third-order valence-corrected chi connectivity index (χ3v) is 10.5. The number of fused-ring (bicyclic) bond motifs is 9. The van der Waals surface area contributed by atoms with E-state index in [1.807, 2.05) is 6.07 Å². The van der Waals surface area contributed by atoms with Gasteiger partial charge in [0.1, 0.15) is 11.2 Å². The van der Waals surface area contributed by atoms with E-state index in [9.17, 15) is 0 Å². The SMILES string of the molecule is c1ccc(-c2cccc(-c3ccc4oc5ccccc5c4c3-n3c4ccccc4c4cc(-n5c6ccccc6c6ccccc65)ccc43)c2)cc1. The number of nitrogens with zero attached hydrogens (tertiary/aromatic N) is 2. The zero-order valence-corrected chi connectivity index (χ0v) is 27.6. The highest BCUT2D eigenvalue weighted by molar-refractivity contribution is 6.17. The molecule has 0 spiro atoms. The van der Waals surface area contributed by atoms with Crippen molar-refractivity contribution in [1.29, 1.82) is 0 Å². The quantitative estimate of drug-likeness (QED) is 0.186. The summed E-state index contributed by atoms with van der Waals surface area (Å²) in [6.07, 6.45) is 0. The molecule has 0 N–H and O–H groups in total. The first kappa shape index (κ1) is 28.0. The van der Waals surface area contributed by atoms with Crippen molar-refractivity contribution in [2.75, 3.05) is 0 Å². The summed E-state index contributed by atoms with van der Waals surface area (Å²) in [4.78, 5) is 0. The molecular weight excluding hydrogens is 621 g/mol. The predicted molar refractivity (Wildman–Crippen MR) is 213 cm³/mol. The number of hydrogen-bond acceptors (Lipinski definition) is 1. The number of aromatic nitrogens is 2. The van der Waals surface area contributed by atoms with Crippen LogP contribution in [0.2, 0.25) is 0 Å². The third-order valence-electron chi connectivity index (χ3n) is 10.5. The smallest absolute Gasteiger partial charge is 0.137 e. The summed E-state index contributed by atoms with van der Waals surface area (Å²) in [6, 6.07) is 65.5. The lowest BCUT2D eigenvalue weighted by atomic mass is 9.96. The van der Waals surface area contributed by atoms with Crippen molar-refractivity contribution in [3.63, 3.8) is 0 Å². The maximum atomic E-state index is 6.53. The molecule has 0 atom stereocenters. The molecule has 51 heavy (non-hydrogen) atoms. The van der Waals surface area contributed by atoms with Crippen LogP contribution < -0.4 is 0 Å². The largest absolute Gasteiger partial charge is 0.456 e. The van der Waals surface area contributed by atoms with Crippen molar-refractivity contribution in [3.05, 3.63) is 182 Å². The maximum Gasteiger partial charge on any atom is 0.137 e. The first-order valence-electron chi connectivity index (χ1n) is 17.4. The molecule has 0 unspecified atom stereocenters. The number of furan rings is 1. The monoisotopic (exact) mass is 650 g/mol. The Morgan fingerprint density at radius 3 is 1.65 bits per heavy atom. The van der Waals surface area contributed by atoms with Crippen LogP contribution >= 0.6 is 0 Å². The van der Waals surface area contributed by atoms with Gasteiger partial charge >= 0.3 is 0 Å². The summed E-state index contributed by atoms with van der Waals surface area (Å²) in [5.74, 6) is 0. The van der Waals surface area contributed by atoms with E-state index in [0.29, 0.717) is 0 Å². The maximum absolute atomic E-state index is 6.53. The molecule has 0 saturated heterocycles. The van der Waals surface area contributed by atoms with E-state index in [2.05, 4.69) is 185 Å². The molecule has 238 valence electrons. The minimum atomic E-state index is 0.877. The molecule has 11 aromatic rings. The van der Waals surface area contributed by atoms with E-state index in [-0.39, 0.29) is 0 Å². The first-order chi connectivity index (χ1) is 25.3. The highest BCUT2D eigenvalue weighted by atomic mass is 16.3. The van der Waals surface area contributed by atoms with Crippen LogP contribution in [0.5, 0.6) is 0 Å². The highest BCUT2D eigenvalue weighted by Gasteiger charge is 2.23. The van der Waals surface area contributed by atoms with Gasteiger partial charge in [0.25, 0.3) is 0 Å². The van der Waals surface area contributed by atoms with Crippen molar-refractivity contribution >= 4 is 65.6 Å². The molecular formula is C48H30N2O.